The number of carbonyl (C=O) groups is 1. The quantitative estimate of drug-likeness (QED) is 0.732. The number of rotatable bonds is 0. The molecule has 1 aromatic rings. The number of nitrogens with zero attached hydrogens (tertiary/aromatic N) is 1. The van der Waals surface area contributed by atoms with Gasteiger partial charge in [-0.05, 0) is 26.8 Å². The van der Waals surface area contributed by atoms with Gasteiger partial charge in [-0.3, -0.25) is 0 Å². The summed E-state index contributed by atoms with van der Waals surface area (Å²) in [5.74, 6) is 0.662. The Hall–Kier alpha value is -1.42. The smallest absolute Gasteiger partial charge is 0.410 e. The normalized spacial score (nSPS) is 15.3. The second kappa shape index (κ2) is 5.29. The number of amides is 1. The molecule has 1 aliphatic heterocycles. The van der Waals surface area contributed by atoms with E-state index in [-0.39, 0.29) is 6.09 Å². The summed E-state index contributed by atoms with van der Waals surface area (Å²) in [4.78, 5) is 13.7. The lowest BCUT2D eigenvalue weighted by Gasteiger charge is -2.26. The maximum absolute atomic E-state index is 12.1. The highest BCUT2D eigenvalue weighted by Crippen LogP contribution is 2.31. The van der Waals surface area contributed by atoms with Crippen LogP contribution in [0.4, 0.5) is 4.79 Å². The SMILES string of the molecule is CC(C)(C)OC(=O)N1CCOc2c(Cl)cccc2C1. The molecule has 0 unspecified atom stereocenters. The van der Waals surface area contributed by atoms with Crippen LogP contribution in [0.2, 0.25) is 5.02 Å². The first-order valence-corrected chi connectivity index (χ1v) is 6.63. The maximum Gasteiger partial charge on any atom is 0.410 e. The Labute approximate surface area is 118 Å². The minimum atomic E-state index is -0.499. The largest absolute Gasteiger partial charge is 0.490 e. The molecule has 0 atom stereocenters. The van der Waals surface area contributed by atoms with Crippen LogP contribution < -0.4 is 4.74 Å². The first-order chi connectivity index (χ1) is 8.87. The number of benzene rings is 1. The summed E-state index contributed by atoms with van der Waals surface area (Å²) in [7, 11) is 0. The summed E-state index contributed by atoms with van der Waals surface area (Å²) < 4.78 is 11.0. The van der Waals surface area contributed by atoms with Gasteiger partial charge in [0.15, 0.2) is 0 Å². The van der Waals surface area contributed by atoms with Crippen LogP contribution in [-0.4, -0.2) is 29.7 Å². The maximum atomic E-state index is 12.1. The second-order valence-electron chi connectivity index (χ2n) is 5.48. The molecule has 2 rings (SSSR count). The average molecular weight is 284 g/mol. The lowest BCUT2D eigenvalue weighted by molar-refractivity contribution is 0.0225. The van der Waals surface area contributed by atoms with E-state index in [1.165, 1.54) is 0 Å². The van der Waals surface area contributed by atoms with E-state index in [2.05, 4.69) is 0 Å². The molecule has 0 N–H and O–H groups in total. The van der Waals surface area contributed by atoms with Gasteiger partial charge in [-0.15, -0.1) is 0 Å². The molecule has 19 heavy (non-hydrogen) atoms. The van der Waals surface area contributed by atoms with Crippen molar-refractivity contribution in [3.05, 3.63) is 28.8 Å². The zero-order chi connectivity index (χ0) is 14.0. The van der Waals surface area contributed by atoms with E-state index in [4.69, 9.17) is 21.1 Å². The van der Waals surface area contributed by atoms with Crippen LogP contribution in [0.5, 0.6) is 5.75 Å². The van der Waals surface area contributed by atoms with Gasteiger partial charge >= 0.3 is 6.09 Å². The van der Waals surface area contributed by atoms with Gasteiger partial charge in [-0.25, -0.2) is 4.79 Å². The molecule has 0 saturated carbocycles. The van der Waals surface area contributed by atoms with E-state index in [0.29, 0.717) is 30.5 Å². The molecule has 0 radical (unpaired) electrons. The molecule has 1 amide bonds. The van der Waals surface area contributed by atoms with Crippen molar-refractivity contribution in [3.8, 4) is 5.75 Å². The van der Waals surface area contributed by atoms with Gasteiger partial charge in [0.1, 0.15) is 18.0 Å². The predicted molar refractivity (Wildman–Crippen MR) is 73.6 cm³/mol. The number of fused-ring (bicyclic) bond motifs is 1. The third-order valence-electron chi connectivity index (χ3n) is 2.67. The first-order valence-electron chi connectivity index (χ1n) is 6.25. The summed E-state index contributed by atoms with van der Waals surface area (Å²) in [5, 5.41) is 0.573. The molecular formula is C14H18ClNO3. The Morgan fingerprint density at radius 2 is 2.16 bits per heavy atom. The van der Waals surface area contributed by atoms with Gasteiger partial charge < -0.3 is 14.4 Å². The molecule has 104 valence electrons. The van der Waals surface area contributed by atoms with E-state index in [1.54, 1.807) is 11.0 Å². The van der Waals surface area contributed by atoms with Crippen molar-refractivity contribution < 1.29 is 14.3 Å². The zero-order valence-electron chi connectivity index (χ0n) is 11.4. The number of hydrogen-bond acceptors (Lipinski definition) is 3. The zero-order valence-corrected chi connectivity index (χ0v) is 12.2. The van der Waals surface area contributed by atoms with E-state index < -0.39 is 5.60 Å². The molecule has 0 bridgehead atoms. The van der Waals surface area contributed by atoms with Crippen LogP contribution in [0.15, 0.2) is 18.2 Å². The van der Waals surface area contributed by atoms with E-state index in [0.717, 1.165) is 5.56 Å². The highest BCUT2D eigenvalue weighted by Gasteiger charge is 2.25. The standard InChI is InChI=1S/C14H18ClNO3/c1-14(2,3)19-13(17)16-7-8-18-12-10(9-16)5-4-6-11(12)15/h4-6H,7-9H2,1-3H3. The van der Waals surface area contributed by atoms with Crippen molar-refractivity contribution >= 4 is 17.7 Å². The van der Waals surface area contributed by atoms with Crippen LogP contribution in [0.25, 0.3) is 0 Å². The van der Waals surface area contributed by atoms with Crippen molar-refractivity contribution in [3.63, 3.8) is 0 Å². The Morgan fingerprint density at radius 3 is 2.84 bits per heavy atom. The van der Waals surface area contributed by atoms with Gasteiger partial charge in [-0.1, -0.05) is 23.7 Å². The molecule has 1 aliphatic rings. The third kappa shape index (κ3) is 3.53. The van der Waals surface area contributed by atoms with Crippen molar-refractivity contribution in [2.24, 2.45) is 0 Å². The Morgan fingerprint density at radius 1 is 1.42 bits per heavy atom. The van der Waals surface area contributed by atoms with Crippen LogP contribution in [-0.2, 0) is 11.3 Å². The highest BCUT2D eigenvalue weighted by molar-refractivity contribution is 6.32. The summed E-state index contributed by atoms with van der Waals surface area (Å²) in [6.07, 6.45) is -0.330. The van der Waals surface area contributed by atoms with E-state index in [1.807, 2.05) is 32.9 Å². The predicted octanol–water partition coefficient (Wildman–Crippen LogP) is 3.47. The highest BCUT2D eigenvalue weighted by atomic mass is 35.5. The van der Waals surface area contributed by atoms with Crippen molar-refractivity contribution in [1.29, 1.82) is 0 Å². The minimum Gasteiger partial charge on any atom is -0.490 e. The van der Waals surface area contributed by atoms with Gasteiger partial charge in [0.2, 0.25) is 0 Å². The molecule has 4 nitrogen and oxygen atoms in total. The Balaban J connectivity index is 2.16. The summed E-state index contributed by atoms with van der Waals surface area (Å²) in [6, 6.07) is 5.54. The van der Waals surface area contributed by atoms with Crippen LogP contribution >= 0.6 is 11.6 Å². The van der Waals surface area contributed by atoms with Crippen LogP contribution in [0.1, 0.15) is 26.3 Å². The van der Waals surface area contributed by atoms with Gasteiger partial charge in [-0.2, -0.15) is 0 Å². The molecule has 0 saturated heterocycles. The van der Waals surface area contributed by atoms with Crippen molar-refractivity contribution in [2.45, 2.75) is 32.9 Å². The van der Waals surface area contributed by atoms with Gasteiger partial charge in [0.05, 0.1) is 18.1 Å². The van der Waals surface area contributed by atoms with Crippen LogP contribution in [0, 0.1) is 0 Å². The fraction of sp³-hybridized carbons (Fsp3) is 0.500. The monoisotopic (exact) mass is 283 g/mol. The van der Waals surface area contributed by atoms with Gasteiger partial charge in [0, 0.05) is 5.56 Å². The molecular weight excluding hydrogens is 266 g/mol. The second-order valence-corrected chi connectivity index (χ2v) is 5.89. The molecule has 0 aromatic heterocycles. The first kappa shape index (κ1) is 14.0. The fourth-order valence-corrected chi connectivity index (χ4v) is 2.11. The average Bonchev–Trinajstić information content (AvgIpc) is 2.50. The van der Waals surface area contributed by atoms with Crippen molar-refractivity contribution in [1.82, 2.24) is 4.90 Å². The lowest BCUT2D eigenvalue weighted by atomic mass is 10.2. The number of hydrogen-bond donors (Lipinski definition) is 0. The summed E-state index contributed by atoms with van der Waals surface area (Å²) >= 11 is 6.09. The third-order valence-corrected chi connectivity index (χ3v) is 2.97. The number of ether oxygens (including phenoxy) is 2. The lowest BCUT2D eigenvalue weighted by Crippen LogP contribution is -2.37. The summed E-state index contributed by atoms with van der Waals surface area (Å²) in [6.45, 7) is 6.90. The fourth-order valence-electron chi connectivity index (χ4n) is 1.86. The van der Waals surface area contributed by atoms with Gasteiger partial charge in [0.25, 0.3) is 0 Å². The molecule has 0 fully saturated rings. The molecule has 5 heteroatoms. The molecule has 0 aliphatic carbocycles. The summed E-state index contributed by atoms with van der Waals surface area (Å²) in [5.41, 5.74) is 0.400. The topological polar surface area (TPSA) is 38.8 Å². The van der Waals surface area contributed by atoms with E-state index >= 15 is 0 Å². The number of halogens is 1. The van der Waals surface area contributed by atoms with Crippen molar-refractivity contribution in [2.75, 3.05) is 13.2 Å². The Kier molecular flexibility index (Phi) is 3.90. The Bertz CT molecular complexity index is 482. The molecule has 1 heterocycles. The van der Waals surface area contributed by atoms with E-state index in [9.17, 15) is 4.79 Å². The molecule has 1 aromatic carbocycles. The minimum absolute atomic E-state index is 0.330. The number of carbonyl (C=O) groups excluding carboxylic acids is 1. The number of para-hydroxylation sites is 1. The van der Waals surface area contributed by atoms with Crippen LogP contribution in [0.3, 0.4) is 0 Å². The molecule has 0 spiro atoms.